The number of nitrogens with one attached hydrogen (secondary N) is 1. The molecule has 3 N–H and O–H groups in total. The van der Waals surface area contributed by atoms with Crippen molar-refractivity contribution in [2.24, 2.45) is 5.73 Å². The van der Waals surface area contributed by atoms with Crippen molar-refractivity contribution in [2.45, 2.75) is 57.7 Å². The zero-order valence-electron chi connectivity index (χ0n) is 12.7. The molecule has 1 aliphatic rings. The van der Waals surface area contributed by atoms with Crippen LogP contribution in [-0.2, 0) is 0 Å². The number of anilines is 2. The molecule has 20 heavy (non-hydrogen) atoms. The van der Waals surface area contributed by atoms with E-state index < -0.39 is 0 Å². The lowest BCUT2D eigenvalue weighted by Crippen LogP contribution is -2.64. The summed E-state index contributed by atoms with van der Waals surface area (Å²) >= 11 is 6.01. The minimum atomic E-state index is -0.142. The van der Waals surface area contributed by atoms with Crippen LogP contribution >= 0.6 is 11.6 Å². The zero-order valence-corrected chi connectivity index (χ0v) is 13.5. The van der Waals surface area contributed by atoms with E-state index in [1.54, 1.807) is 7.05 Å². The largest absolute Gasteiger partial charge is 0.357 e. The van der Waals surface area contributed by atoms with Crippen LogP contribution in [0.2, 0.25) is 5.28 Å². The highest BCUT2D eigenvalue weighted by molar-refractivity contribution is 6.28. The van der Waals surface area contributed by atoms with Crippen LogP contribution in [0.15, 0.2) is 0 Å². The van der Waals surface area contributed by atoms with E-state index in [0.717, 1.165) is 12.8 Å². The summed E-state index contributed by atoms with van der Waals surface area (Å²) in [7, 11) is 1.76. The first-order valence-corrected chi connectivity index (χ1v) is 7.19. The number of nitrogens with two attached hydrogens (primary N) is 1. The van der Waals surface area contributed by atoms with Gasteiger partial charge in [-0.3, -0.25) is 0 Å². The first kappa shape index (κ1) is 15.3. The number of aromatic nitrogens is 3. The smallest absolute Gasteiger partial charge is 0.232 e. The van der Waals surface area contributed by atoms with Crippen LogP contribution in [0.25, 0.3) is 0 Å². The molecule has 1 fully saturated rings. The summed E-state index contributed by atoms with van der Waals surface area (Å²) in [5.74, 6) is 1.07. The van der Waals surface area contributed by atoms with Crippen molar-refractivity contribution in [3.05, 3.63) is 5.28 Å². The minimum Gasteiger partial charge on any atom is -0.357 e. The minimum absolute atomic E-state index is 0.142. The number of piperidine rings is 1. The molecule has 112 valence electrons. The topological polar surface area (TPSA) is 80.0 Å². The Hall–Kier alpha value is -1.14. The van der Waals surface area contributed by atoms with Crippen molar-refractivity contribution in [2.75, 3.05) is 17.3 Å². The Morgan fingerprint density at radius 2 is 1.70 bits per heavy atom. The Kier molecular flexibility index (Phi) is 3.81. The predicted octanol–water partition coefficient (Wildman–Crippen LogP) is 2.05. The normalized spacial score (nSPS) is 21.9. The molecular formula is C13H23ClN6. The van der Waals surface area contributed by atoms with Gasteiger partial charge in [0, 0.05) is 24.2 Å². The fourth-order valence-corrected chi connectivity index (χ4v) is 3.61. The molecule has 2 rings (SSSR count). The van der Waals surface area contributed by atoms with Crippen molar-refractivity contribution in [3.63, 3.8) is 0 Å². The number of halogens is 1. The molecule has 0 aromatic carbocycles. The predicted molar refractivity (Wildman–Crippen MR) is 82.2 cm³/mol. The van der Waals surface area contributed by atoms with Crippen LogP contribution in [-0.4, -0.2) is 39.1 Å². The van der Waals surface area contributed by atoms with Crippen LogP contribution in [0.5, 0.6) is 0 Å². The fraction of sp³-hybridized carbons (Fsp3) is 0.769. The average Bonchev–Trinajstić information content (AvgIpc) is 2.23. The van der Waals surface area contributed by atoms with E-state index in [1.165, 1.54) is 0 Å². The van der Waals surface area contributed by atoms with Gasteiger partial charge in [0.25, 0.3) is 0 Å². The quantitative estimate of drug-likeness (QED) is 0.870. The maximum absolute atomic E-state index is 6.19. The molecule has 0 unspecified atom stereocenters. The standard InChI is InChI=1S/C13H23ClN6/c1-12(2)6-8(15)7-13(3,4)20(12)11-18-9(14)17-10(16-5)19-11/h8H,6-7,15H2,1-5H3,(H,16,17,18,19). The van der Waals surface area contributed by atoms with E-state index in [0.29, 0.717) is 11.9 Å². The summed E-state index contributed by atoms with van der Waals surface area (Å²) in [6.45, 7) is 8.63. The van der Waals surface area contributed by atoms with Crippen LogP contribution in [0.4, 0.5) is 11.9 Å². The maximum Gasteiger partial charge on any atom is 0.232 e. The van der Waals surface area contributed by atoms with Crippen molar-refractivity contribution in [1.29, 1.82) is 0 Å². The van der Waals surface area contributed by atoms with Gasteiger partial charge in [0.15, 0.2) is 0 Å². The molecule has 0 amide bonds. The molecule has 0 spiro atoms. The highest BCUT2D eigenvalue weighted by atomic mass is 35.5. The van der Waals surface area contributed by atoms with Gasteiger partial charge >= 0.3 is 0 Å². The lowest BCUT2D eigenvalue weighted by Gasteiger charge is -2.54. The molecule has 0 bridgehead atoms. The van der Waals surface area contributed by atoms with Crippen molar-refractivity contribution in [1.82, 2.24) is 15.0 Å². The molecule has 0 radical (unpaired) electrons. The Morgan fingerprint density at radius 1 is 1.15 bits per heavy atom. The van der Waals surface area contributed by atoms with Gasteiger partial charge in [-0.15, -0.1) is 0 Å². The number of hydrogen-bond acceptors (Lipinski definition) is 6. The van der Waals surface area contributed by atoms with Gasteiger partial charge in [0.1, 0.15) is 0 Å². The average molecular weight is 299 g/mol. The SMILES string of the molecule is CNc1nc(Cl)nc(N2C(C)(C)CC(N)CC2(C)C)n1. The van der Waals surface area contributed by atoms with Gasteiger partial charge in [0.2, 0.25) is 17.2 Å². The third kappa shape index (κ3) is 2.81. The van der Waals surface area contributed by atoms with E-state index in [1.807, 2.05) is 0 Å². The zero-order chi connectivity index (χ0) is 15.1. The van der Waals surface area contributed by atoms with E-state index in [4.69, 9.17) is 17.3 Å². The Labute approximate surface area is 125 Å². The molecule has 1 aromatic rings. The molecule has 0 saturated carbocycles. The van der Waals surface area contributed by atoms with Crippen molar-refractivity contribution < 1.29 is 0 Å². The van der Waals surface area contributed by atoms with E-state index in [9.17, 15) is 0 Å². The molecule has 0 aliphatic carbocycles. The highest BCUT2D eigenvalue weighted by Gasteiger charge is 2.45. The second-order valence-corrected chi connectivity index (χ2v) is 6.94. The molecule has 1 aliphatic heterocycles. The van der Waals surface area contributed by atoms with Gasteiger partial charge in [-0.25, -0.2) is 0 Å². The summed E-state index contributed by atoms with van der Waals surface area (Å²) in [5, 5.41) is 3.11. The van der Waals surface area contributed by atoms with Gasteiger partial charge in [-0.2, -0.15) is 15.0 Å². The first-order chi connectivity index (χ1) is 9.15. The third-order valence-electron chi connectivity index (χ3n) is 3.75. The number of nitrogens with zero attached hydrogens (tertiary/aromatic N) is 4. The molecule has 1 saturated heterocycles. The highest BCUT2D eigenvalue weighted by Crippen LogP contribution is 2.40. The molecule has 6 nitrogen and oxygen atoms in total. The maximum atomic E-state index is 6.19. The van der Waals surface area contributed by atoms with Crippen LogP contribution in [0.1, 0.15) is 40.5 Å². The summed E-state index contributed by atoms with van der Waals surface area (Å²) in [6.07, 6.45) is 1.77. The Morgan fingerprint density at radius 3 is 2.20 bits per heavy atom. The lowest BCUT2D eigenvalue weighted by molar-refractivity contribution is 0.216. The van der Waals surface area contributed by atoms with E-state index in [-0.39, 0.29) is 22.4 Å². The van der Waals surface area contributed by atoms with E-state index >= 15 is 0 Å². The fourth-order valence-electron chi connectivity index (χ4n) is 3.45. The molecule has 1 aromatic heterocycles. The van der Waals surface area contributed by atoms with Crippen molar-refractivity contribution >= 4 is 23.5 Å². The monoisotopic (exact) mass is 298 g/mol. The molecule has 0 atom stereocenters. The van der Waals surface area contributed by atoms with Crippen LogP contribution in [0.3, 0.4) is 0 Å². The van der Waals surface area contributed by atoms with Gasteiger partial charge in [-0.05, 0) is 52.1 Å². The first-order valence-electron chi connectivity index (χ1n) is 6.81. The summed E-state index contributed by atoms with van der Waals surface area (Å²) in [6, 6.07) is 0.178. The number of hydrogen-bond donors (Lipinski definition) is 2. The van der Waals surface area contributed by atoms with Gasteiger partial charge in [-0.1, -0.05) is 0 Å². The second kappa shape index (κ2) is 5.00. The Balaban J connectivity index is 2.50. The molecule has 2 heterocycles. The summed E-state index contributed by atoms with van der Waals surface area (Å²) < 4.78 is 0. The van der Waals surface area contributed by atoms with Gasteiger partial charge < -0.3 is 16.0 Å². The van der Waals surface area contributed by atoms with Crippen LogP contribution in [0, 0.1) is 0 Å². The van der Waals surface area contributed by atoms with Crippen molar-refractivity contribution in [3.8, 4) is 0 Å². The third-order valence-corrected chi connectivity index (χ3v) is 3.92. The molecule has 7 heteroatoms. The summed E-state index contributed by atoms with van der Waals surface area (Å²) in [5.41, 5.74) is 5.91. The Bertz CT molecular complexity index is 484. The summed E-state index contributed by atoms with van der Waals surface area (Å²) in [4.78, 5) is 15.0. The number of rotatable bonds is 2. The molecular weight excluding hydrogens is 276 g/mol. The van der Waals surface area contributed by atoms with Gasteiger partial charge in [0.05, 0.1) is 0 Å². The van der Waals surface area contributed by atoms with Crippen LogP contribution < -0.4 is 16.0 Å². The lowest BCUT2D eigenvalue weighted by atomic mass is 9.77. The van der Waals surface area contributed by atoms with E-state index in [2.05, 4.69) is 52.9 Å². The second-order valence-electron chi connectivity index (χ2n) is 6.61.